The van der Waals surface area contributed by atoms with Crippen LogP contribution in [0.15, 0.2) is 46.9 Å². The predicted octanol–water partition coefficient (Wildman–Crippen LogP) is 4.92. The van der Waals surface area contributed by atoms with Gasteiger partial charge in [0.15, 0.2) is 0 Å². The first-order chi connectivity index (χ1) is 12.5. The molecule has 0 spiro atoms. The average molecular weight is 377 g/mol. The van der Waals surface area contributed by atoms with Crippen LogP contribution < -0.4 is 0 Å². The highest BCUT2D eigenvalue weighted by Crippen LogP contribution is 2.34. The lowest BCUT2D eigenvalue weighted by molar-refractivity contribution is -0.384. The molecule has 1 heterocycles. The van der Waals surface area contributed by atoms with Crippen LogP contribution in [-0.4, -0.2) is 15.1 Å². The molecular weight excluding hydrogens is 364 g/mol. The molecule has 3 rings (SSSR count). The van der Waals surface area contributed by atoms with Gasteiger partial charge in [-0.3, -0.25) is 10.1 Å². The van der Waals surface area contributed by atoms with Crippen LogP contribution in [0.3, 0.4) is 0 Å². The van der Waals surface area contributed by atoms with E-state index in [1.165, 1.54) is 54.2 Å². The lowest BCUT2D eigenvalue weighted by Gasteiger charge is -2.12. The molecule has 26 heavy (non-hydrogen) atoms. The van der Waals surface area contributed by atoms with E-state index in [0.717, 1.165) is 0 Å². The van der Waals surface area contributed by atoms with Crippen LogP contribution in [-0.2, 0) is 5.75 Å². The SMILES string of the molecule is CC(SCc1nnc(-c2ccc([N+](=O)[O-])cc2)o1)c1c(F)cccc1F. The summed E-state index contributed by atoms with van der Waals surface area (Å²) in [7, 11) is 0. The molecule has 3 aromatic rings. The van der Waals surface area contributed by atoms with Crippen molar-refractivity contribution in [2.24, 2.45) is 0 Å². The Morgan fingerprint density at radius 3 is 2.42 bits per heavy atom. The fourth-order valence-corrected chi connectivity index (χ4v) is 3.23. The quantitative estimate of drug-likeness (QED) is 0.448. The van der Waals surface area contributed by atoms with Gasteiger partial charge in [0.25, 0.3) is 5.69 Å². The van der Waals surface area contributed by atoms with E-state index in [9.17, 15) is 18.9 Å². The largest absolute Gasteiger partial charge is 0.420 e. The maximum atomic E-state index is 13.8. The molecule has 0 radical (unpaired) electrons. The van der Waals surface area contributed by atoms with E-state index in [0.29, 0.717) is 11.5 Å². The van der Waals surface area contributed by atoms with Gasteiger partial charge in [-0.2, -0.15) is 0 Å². The summed E-state index contributed by atoms with van der Waals surface area (Å²) >= 11 is 1.26. The van der Waals surface area contributed by atoms with Crippen molar-refractivity contribution in [3.05, 3.63) is 75.7 Å². The van der Waals surface area contributed by atoms with Gasteiger partial charge in [-0.05, 0) is 31.2 Å². The Kier molecular flexibility index (Phi) is 5.27. The second kappa shape index (κ2) is 7.61. The Hall–Kier alpha value is -2.81. The van der Waals surface area contributed by atoms with Gasteiger partial charge in [-0.25, -0.2) is 8.78 Å². The molecule has 2 aromatic carbocycles. The molecule has 1 aromatic heterocycles. The van der Waals surface area contributed by atoms with Crippen molar-refractivity contribution in [2.45, 2.75) is 17.9 Å². The Balaban J connectivity index is 1.68. The molecule has 0 bridgehead atoms. The Bertz CT molecular complexity index is 911. The number of non-ortho nitro benzene ring substituents is 1. The monoisotopic (exact) mass is 377 g/mol. The maximum Gasteiger partial charge on any atom is 0.269 e. The third kappa shape index (κ3) is 3.88. The van der Waals surface area contributed by atoms with Gasteiger partial charge in [0.2, 0.25) is 11.8 Å². The number of nitro benzene ring substituents is 1. The van der Waals surface area contributed by atoms with E-state index in [1.54, 1.807) is 6.92 Å². The number of benzene rings is 2. The highest BCUT2D eigenvalue weighted by atomic mass is 32.2. The van der Waals surface area contributed by atoms with Crippen LogP contribution in [0.2, 0.25) is 0 Å². The van der Waals surface area contributed by atoms with Crippen LogP contribution in [0, 0.1) is 21.7 Å². The first-order valence-electron chi connectivity index (χ1n) is 7.58. The zero-order valence-corrected chi connectivity index (χ0v) is 14.4. The smallest absolute Gasteiger partial charge is 0.269 e. The van der Waals surface area contributed by atoms with Gasteiger partial charge in [0.1, 0.15) is 11.6 Å². The molecule has 0 aliphatic carbocycles. The lowest BCUT2D eigenvalue weighted by Crippen LogP contribution is -1.98. The highest BCUT2D eigenvalue weighted by Gasteiger charge is 2.18. The zero-order valence-electron chi connectivity index (χ0n) is 13.6. The number of halogens is 2. The van der Waals surface area contributed by atoms with Gasteiger partial charge >= 0.3 is 0 Å². The molecule has 0 saturated heterocycles. The van der Waals surface area contributed by atoms with E-state index in [1.807, 2.05) is 0 Å². The molecule has 9 heteroatoms. The van der Waals surface area contributed by atoms with Crippen LogP contribution in [0.5, 0.6) is 0 Å². The number of rotatable bonds is 6. The maximum absolute atomic E-state index is 13.8. The van der Waals surface area contributed by atoms with E-state index in [2.05, 4.69) is 10.2 Å². The van der Waals surface area contributed by atoms with E-state index in [-0.39, 0.29) is 22.9 Å². The Labute approximate surface area is 151 Å². The predicted molar refractivity (Wildman–Crippen MR) is 92.5 cm³/mol. The normalized spacial score (nSPS) is 12.1. The summed E-state index contributed by atoms with van der Waals surface area (Å²) in [5.74, 6) is -0.397. The Morgan fingerprint density at radius 2 is 1.81 bits per heavy atom. The molecule has 0 aliphatic rings. The lowest BCUT2D eigenvalue weighted by atomic mass is 10.1. The van der Waals surface area contributed by atoms with Gasteiger partial charge in [0, 0.05) is 28.5 Å². The zero-order chi connectivity index (χ0) is 18.7. The van der Waals surface area contributed by atoms with Crippen LogP contribution in [0.25, 0.3) is 11.5 Å². The minimum Gasteiger partial charge on any atom is -0.420 e. The first kappa shape index (κ1) is 18.0. The summed E-state index contributed by atoms with van der Waals surface area (Å²) in [6, 6.07) is 9.47. The molecule has 0 saturated carbocycles. The number of thioether (sulfide) groups is 1. The molecule has 0 amide bonds. The third-order valence-electron chi connectivity index (χ3n) is 3.65. The van der Waals surface area contributed by atoms with Crippen molar-refractivity contribution < 1.29 is 18.1 Å². The van der Waals surface area contributed by atoms with Gasteiger partial charge in [0.05, 0.1) is 10.7 Å². The number of hydrogen-bond donors (Lipinski definition) is 0. The average Bonchev–Trinajstić information content (AvgIpc) is 3.09. The summed E-state index contributed by atoms with van der Waals surface area (Å²) in [4.78, 5) is 10.2. The number of hydrogen-bond acceptors (Lipinski definition) is 6. The summed E-state index contributed by atoms with van der Waals surface area (Å²) in [6.45, 7) is 1.69. The summed E-state index contributed by atoms with van der Waals surface area (Å²) in [6.07, 6.45) is 0. The van der Waals surface area contributed by atoms with E-state index >= 15 is 0 Å². The minimum absolute atomic E-state index is 0.00704. The molecule has 1 unspecified atom stereocenters. The first-order valence-corrected chi connectivity index (χ1v) is 8.63. The van der Waals surface area contributed by atoms with Crippen molar-refractivity contribution in [2.75, 3.05) is 0 Å². The van der Waals surface area contributed by atoms with Crippen molar-refractivity contribution in [3.63, 3.8) is 0 Å². The molecular formula is C17H13F2N3O3S. The van der Waals surface area contributed by atoms with Gasteiger partial charge in [-0.1, -0.05) is 6.07 Å². The molecule has 6 nitrogen and oxygen atoms in total. The number of nitro groups is 1. The van der Waals surface area contributed by atoms with E-state index in [4.69, 9.17) is 4.42 Å². The van der Waals surface area contributed by atoms with Crippen molar-refractivity contribution >= 4 is 17.4 Å². The fourth-order valence-electron chi connectivity index (χ4n) is 2.33. The second-order valence-corrected chi connectivity index (χ2v) is 6.72. The summed E-state index contributed by atoms with van der Waals surface area (Å²) < 4.78 is 33.1. The van der Waals surface area contributed by atoms with E-state index < -0.39 is 21.8 Å². The molecule has 0 N–H and O–H groups in total. The minimum atomic E-state index is -0.595. The molecule has 1 atom stereocenters. The van der Waals surface area contributed by atoms with Gasteiger partial charge in [-0.15, -0.1) is 22.0 Å². The van der Waals surface area contributed by atoms with Crippen molar-refractivity contribution in [3.8, 4) is 11.5 Å². The molecule has 0 fully saturated rings. The number of aromatic nitrogens is 2. The Morgan fingerprint density at radius 1 is 1.15 bits per heavy atom. The number of nitrogens with zero attached hydrogens (tertiary/aromatic N) is 3. The fraction of sp³-hybridized carbons (Fsp3) is 0.176. The van der Waals surface area contributed by atoms with Crippen molar-refractivity contribution in [1.29, 1.82) is 0 Å². The summed E-state index contributed by atoms with van der Waals surface area (Å²) in [5, 5.41) is 18.0. The topological polar surface area (TPSA) is 82.1 Å². The molecule has 0 aliphatic heterocycles. The summed E-state index contributed by atoms with van der Waals surface area (Å²) in [5.41, 5.74) is 0.518. The highest BCUT2D eigenvalue weighted by molar-refractivity contribution is 7.98. The van der Waals surface area contributed by atoms with Gasteiger partial charge < -0.3 is 4.42 Å². The third-order valence-corrected chi connectivity index (χ3v) is 4.80. The molecule has 134 valence electrons. The van der Waals surface area contributed by atoms with Crippen LogP contribution in [0.1, 0.15) is 23.6 Å². The van der Waals surface area contributed by atoms with Crippen molar-refractivity contribution in [1.82, 2.24) is 10.2 Å². The van der Waals surface area contributed by atoms with Crippen LogP contribution >= 0.6 is 11.8 Å². The second-order valence-electron chi connectivity index (χ2n) is 5.39. The van der Waals surface area contributed by atoms with Crippen LogP contribution in [0.4, 0.5) is 14.5 Å². The standard InChI is InChI=1S/C17H13F2N3O3S/c1-10(16-13(18)3-2-4-14(16)19)26-9-15-20-21-17(25-15)11-5-7-12(8-6-11)22(23)24/h2-8,10H,9H2,1H3.